The van der Waals surface area contributed by atoms with Gasteiger partial charge in [-0.25, -0.2) is 9.07 Å². The molecule has 9 heteroatoms. The molecule has 0 saturated carbocycles. The van der Waals surface area contributed by atoms with Gasteiger partial charge in [0.15, 0.2) is 5.69 Å². The van der Waals surface area contributed by atoms with Gasteiger partial charge in [-0.1, -0.05) is 47.1 Å². The van der Waals surface area contributed by atoms with Gasteiger partial charge in [0.05, 0.1) is 22.1 Å². The van der Waals surface area contributed by atoms with Gasteiger partial charge in [0.1, 0.15) is 11.6 Å². The van der Waals surface area contributed by atoms with Crippen LogP contribution in [-0.4, -0.2) is 37.5 Å². The van der Waals surface area contributed by atoms with Gasteiger partial charge in [-0.3, -0.25) is 9.69 Å². The average Bonchev–Trinajstić information content (AvgIpc) is 3.23. The van der Waals surface area contributed by atoms with E-state index in [9.17, 15) is 14.3 Å². The zero-order valence-electron chi connectivity index (χ0n) is 19.0. The van der Waals surface area contributed by atoms with Gasteiger partial charge in [-0.05, 0) is 48.7 Å². The molecule has 178 valence electrons. The van der Waals surface area contributed by atoms with Crippen LogP contribution in [0.25, 0.3) is 5.69 Å². The lowest BCUT2D eigenvalue weighted by Crippen LogP contribution is -2.31. The van der Waals surface area contributed by atoms with Crippen molar-refractivity contribution in [3.63, 3.8) is 0 Å². The Morgan fingerprint density at radius 1 is 1.17 bits per heavy atom. The molecule has 5 rings (SSSR count). The summed E-state index contributed by atoms with van der Waals surface area (Å²) < 4.78 is 15.8. The third kappa shape index (κ3) is 4.62. The summed E-state index contributed by atoms with van der Waals surface area (Å²) in [5, 5.41) is 20.8. The minimum Gasteiger partial charge on any atom is -0.508 e. The number of nitrogens with zero attached hydrogens (tertiary/aromatic N) is 4. The first-order valence-electron chi connectivity index (χ1n) is 11.2. The second kappa shape index (κ2) is 9.48. The Kier molecular flexibility index (Phi) is 6.23. The number of amides is 1. The maximum absolute atomic E-state index is 14.1. The molecule has 0 fully saturated rings. The number of hydrogen-bond acceptors (Lipinski definition) is 5. The lowest BCUT2D eigenvalue weighted by atomic mass is 9.97. The highest BCUT2D eigenvalue weighted by molar-refractivity contribution is 6.34. The Balaban J connectivity index is 1.37. The molecule has 0 atom stereocenters. The van der Waals surface area contributed by atoms with E-state index in [1.807, 2.05) is 24.3 Å². The van der Waals surface area contributed by atoms with Crippen molar-refractivity contribution in [3.8, 4) is 11.4 Å². The summed E-state index contributed by atoms with van der Waals surface area (Å²) in [6, 6.07) is 17.2. The first kappa shape index (κ1) is 23.0. The average molecular weight is 492 g/mol. The third-order valence-corrected chi connectivity index (χ3v) is 6.52. The number of anilines is 1. The monoisotopic (exact) mass is 491 g/mol. The molecule has 0 aliphatic carbocycles. The van der Waals surface area contributed by atoms with Gasteiger partial charge in [-0.15, -0.1) is 5.10 Å². The molecule has 4 aromatic rings. The molecule has 0 bridgehead atoms. The zero-order valence-corrected chi connectivity index (χ0v) is 19.8. The number of aromatic nitrogens is 3. The second-order valence-electron chi connectivity index (χ2n) is 8.52. The van der Waals surface area contributed by atoms with Crippen molar-refractivity contribution in [3.05, 3.63) is 99.6 Å². The van der Waals surface area contributed by atoms with E-state index in [0.29, 0.717) is 30.0 Å². The summed E-state index contributed by atoms with van der Waals surface area (Å²) in [4.78, 5) is 15.1. The molecular formula is C26H23ClFN5O2. The van der Waals surface area contributed by atoms with Crippen molar-refractivity contribution in [1.29, 1.82) is 0 Å². The Morgan fingerprint density at radius 2 is 2.00 bits per heavy atom. The van der Waals surface area contributed by atoms with Crippen molar-refractivity contribution < 1.29 is 14.3 Å². The molecule has 1 amide bonds. The van der Waals surface area contributed by atoms with Gasteiger partial charge in [0.25, 0.3) is 5.91 Å². The van der Waals surface area contributed by atoms with Gasteiger partial charge < -0.3 is 10.4 Å². The smallest absolute Gasteiger partial charge is 0.278 e. The fourth-order valence-electron chi connectivity index (χ4n) is 4.40. The van der Waals surface area contributed by atoms with E-state index in [1.165, 1.54) is 24.3 Å². The summed E-state index contributed by atoms with van der Waals surface area (Å²) in [6.07, 6.45) is 0.768. The van der Waals surface area contributed by atoms with Crippen molar-refractivity contribution >= 4 is 23.2 Å². The van der Waals surface area contributed by atoms with Crippen molar-refractivity contribution in [2.45, 2.75) is 26.4 Å². The lowest BCUT2D eigenvalue weighted by Gasteiger charge is -2.30. The van der Waals surface area contributed by atoms with Crippen LogP contribution >= 0.6 is 11.6 Å². The molecule has 2 heterocycles. The number of hydrogen-bond donors (Lipinski definition) is 2. The fourth-order valence-corrected chi connectivity index (χ4v) is 4.63. The molecule has 0 radical (unpaired) electrons. The highest BCUT2D eigenvalue weighted by Crippen LogP contribution is 2.29. The number of rotatable bonds is 5. The largest absolute Gasteiger partial charge is 0.508 e. The molecule has 2 N–H and O–H groups in total. The highest BCUT2D eigenvalue weighted by atomic mass is 35.5. The van der Waals surface area contributed by atoms with Crippen LogP contribution in [0.3, 0.4) is 0 Å². The Morgan fingerprint density at radius 3 is 2.80 bits per heavy atom. The summed E-state index contributed by atoms with van der Waals surface area (Å²) in [7, 11) is 0. The molecule has 0 spiro atoms. The van der Waals surface area contributed by atoms with Crippen LogP contribution in [0.15, 0.2) is 60.7 Å². The predicted octanol–water partition coefficient (Wildman–Crippen LogP) is 4.88. The predicted molar refractivity (Wildman–Crippen MR) is 131 cm³/mol. The Hall–Kier alpha value is -3.75. The minimum atomic E-state index is -0.442. The number of carbonyl (C=O) groups is 1. The number of carbonyl (C=O) groups excluding carboxylic acids is 1. The number of fused-ring (bicyclic) bond motifs is 1. The maximum Gasteiger partial charge on any atom is 0.278 e. The first-order chi connectivity index (χ1) is 16.9. The lowest BCUT2D eigenvalue weighted by molar-refractivity contribution is 0.102. The first-order valence-corrected chi connectivity index (χ1v) is 11.6. The van der Waals surface area contributed by atoms with Crippen molar-refractivity contribution in [2.24, 2.45) is 0 Å². The van der Waals surface area contributed by atoms with Gasteiger partial charge in [-0.2, -0.15) is 0 Å². The quantitative estimate of drug-likeness (QED) is 0.389. The van der Waals surface area contributed by atoms with E-state index in [4.69, 9.17) is 11.6 Å². The zero-order chi connectivity index (χ0) is 24.5. The molecule has 7 nitrogen and oxygen atoms in total. The molecule has 1 aliphatic heterocycles. The number of aromatic hydroxyl groups is 1. The van der Waals surface area contributed by atoms with Gasteiger partial charge in [0, 0.05) is 31.3 Å². The van der Waals surface area contributed by atoms with Crippen LogP contribution in [0.4, 0.5) is 10.1 Å². The topological polar surface area (TPSA) is 83.3 Å². The number of phenolic OH excluding ortho intramolecular Hbond substituents is 1. The molecule has 1 aliphatic rings. The van der Waals surface area contributed by atoms with Crippen LogP contribution < -0.4 is 5.32 Å². The normalized spacial score (nSPS) is 13.5. The minimum absolute atomic E-state index is 0.0106. The Labute approximate surface area is 206 Å². The SMILES string of the molecule is Cc1c(C(=O)Nc2ccc(O)cc2Cl)nnn1-c1cccc2c1CCN(Cc1ccccc1F)C2. The van der Waals surface area contributed by atoms with E-state index in [2.05, 4.69) is 26.6 Å². The molecule has 0 saturated heterocycles. The van der Waals surface area contributed by atoms with Crippen LogP contribution in [0.2, 0.25) is 5.02 Å². The molecule has 3 aromatic carbocycles. The van der Waals surface area contributed by atoms with Crippen LogP contribution in [0, 0.1) is 12.7 Å². The third-order valence-electron chi connectivity index (χ3n) is 6.21. The van der Waals surface area contributed by atoms with Crippen LogP contribution in [0.5, 0.6) is 5.75 Å². The van der Waals surface area contributed by atoms with E-state index >= 15 is 0 Å². The second-order valence-corrected chi connectivity index (χ2v) is 8.93. The highest BCUT2D eigenvalue weighted by Gasteiger charge is 2.24. The van der Waals surface area contributed by atoms with E-state index in [0.717, 1.165) is 29.8 Å². The van der Waals surface area contributed by atoms with Crippen LogP contribution in [-0.2, 0) is 19.5 Å². The summed E-state index contributed by atoms with van der Waals surface area (Å²) in [5.41, 5.74) is 4.99. The van der Waals surface area contributed by atoms with E-state index in [1.54, 1.807) is 17.7 Å². The van der Waals surface area contributed by atoms with Gasteiger partial charge >= 0.3 is 0 Å². The van der Waals surface area contributed by atoms with Crippen molar-refractivity contribution in [1.82, 2.24) is 19.9 Å². The van der Waals surface area contributed by atoms with E-state index in [-0.39, 0.29) is 22.3 Å². The standard InChI is InChI=1S/C26H23ClFN5O2/c1-16-25(26(35)29-23-10-9-19(34)13-21(23)27)30-31-33(16)24-8-4-6-17-14-32(12-11-20(17)24)15-18-5-2-3-7-22(18)28/h2-10,13,34H,11-12,14-15H2,1H3,(H,29,35). The number of nitrogens with one attached hydrogen (secondary N) is 1. The fraction of sp³-hybridized carbons (Fsp3) is 0.192. The maximum atomic E-state index is 14.1. The number of benzene rings is 3. The number of phenols is 1. The number of halogens is 2. The van der Waals surface area contributed by atoms with Crippen molar-refractivity contribution in [2.75, 3.05) is 11.9 Å². The van der Waals surface area contributed by atoms with E-state index < -0.39 is 5.91 Å². The summed E-state index contributed by atoms with van der Waals surface area (Å²) >= 11 is 6.11. The summed E-state index contributed by atoms with van der Waals surface area (Å²) in [5.74, 6) is -0.622. The Bertz CT molecular complexity index is 1420. The molecule has 35 heavy (non-hydrogen) atoms. The molecule has 1 aromatic heterocycles. The molecule has 0 unspecified atom stereocenters. The van der Waals surface area contributed by atoms with Crippen LogP contribution in [0.1, 0.15) is 32.9 Å². The molecular weight excluding hydrogens is 469 g/mol. The summed E-state index contributed by atoms with van der Waals surface area (Å²) in [6.45, 7) is 3.81. The van der Waals surface area contributed by atoms with Gasteiger partial charge in [0.2, 0.25) is 0 Å².